The van der Waals surface area contributed by atoms with Gasteiger partial charge in [-0.1, -0.05) is 25.1 Å². The number of amides is 1. The highest BCUT2D eigenvalue weighted by Gasteiger charge is 2.23. The molecule has 1 atom stereocenters. The first-order chi connectivity index (χ1) is 13.0. The summed E-state index contributed by atoms with van der Waals surface area (Å²) in [5.74, 6) is -0.436. The number of carbonyl (C=O) groups is 2. The molecule has 1 aliphatic heterocycles. The second-order valence-corrected chi connectivity index (χ2v) is 7.34. The van der Waals surface area contributed by atoms with Crippen LogP contribution in [0.4, 0.5) is 11.4 Å². The van der Waals surface area contributed by atoms with Gasteiger partial charge in [-0.3, -0.25) is 9.59 Å². The molecule has 2 aromatic carbocycles. The van der Waals surface area contributed by atoms with Crippen molar-refractivity contribution in [3.8, 4) is 0 Å². The minimum Gasteiger partial charge on any atom is -0.371 e. The van der Waals surface area contributed by atoms with Gasteiger partial charge >= 0.3 is 0 Å². The van der Waals surface area contributed by atoms with E-state index >= 15 is 0 Å². The SMILES string of the molecule is Cc1[nH]c2ccccc2c1C(=O)C(=O)Nc1ccc(N2CCC(C)C2)cc1. The van der Waals surface area contributed by atoms with Crippen molar-refractivity contribution >= 4 is 34.0 Å². The standard InChI is InChI=1S/C22H23N3O2/c1-14-11-12-25(13-14)17-9-7-16(8-10-17)24-22(27)21(26)20-15(2)23-19-6-4-3-5-18(19)20/h3-10,14,23H,11-13H2,1-2H3,(H,24,27). The Kier molecular flexibility index (Phi) is 4.44. The van der Waals surface area contributed by atoms with Gasteiger partial charge in [0.25, 0.3) is 11.7 Å². The van der Waals surface area contributed by atoms with Gasteiger partial charge in [-0.25, -0.2) is 0 Å². The fourth-order valence-corrected chi connectivity index (χ4v) is 3.80. The molecule has 0 spiro atoms. The molecule has 4 rings (SSSR count). The van der Waals surface area contributed by atoms with Gasteiger partial charge in [0, 0.05) is 41.1 Å². The molecule has 0 radical (unpaired) electrons. The van der Waals surface area contributed by atoms with Crippen molar-refractivity contribution in [1.29, 1.82) is 0 Å². The summed E-state index contributed by atoms with van der Waals surface area (Å²) in [5, 5.41) is 3.50. The number of fused-ring (bicyclic) bond motifs is 1. The number of nitrogens with zero attached hydrogens (tertiary/aromatic N) is 1. The molecule has 1 aliphatic rings. The maximum atomic E-state index is 12.7. The Morgan fingerprint density at radius 1 is 1.11 bits per heavy atom. The van der Waals surface area contributed by atoms with Crippen LogP contribution in [0, 0.1) is 12.8 Å². The lowest BCUT2D eigenvalue weighted by atomic mass is 10.1. The third kappa shape index (κ3) is 3.33. The van der Waals surface area contributed by atoms with Crippen LogP contribution in [0.1, 0.15) is 29.4 Å². The number of aryl methyl sites for hydroxylation is 1. The summed E-state index contributed by atoms with van der Waals surface area (Å²) in [5.41, 5.74) is 3.77. The van der Waals surface area contributed by atoms with E-state index in [0.29, 0.717) is 22.9 Å². The molecular weight excluding hydrogens is 338 g/mol. The topological polar surface area (TPSA) is 65.2 Å². The van der Waals surface area contributed by atoms with E-state index in [9.17, 15) is 9.59 Å². The average molecular weight is 361 g/mol. The first-order valence-corrected chi connectivity index (χ1v) is 9.31. The van der Waals surface area contributed by atoms with Crippen LogP contribution < -0.4 is 10.2 Å². The van der Waals surface area contributed by atoms with Crippen molar-refractivity contribution in [1.82, 2.24) is 4.98 Å². The Hall–Kier alpha value is -3.08. The molecule has 27 heavy (non-hydrogen) atoms. The van der Waals surface area contributed by atoms with Gasteiger partial charge in [-0.15, -0.1) is 0 Å². The third-order valence-electron chi connectivity index (χ3n) is 5.24. The quantitative estimate of drug-likeness (QED) is 0.542. The summed E-state index contributed by atoms with van der Waals surface area (Å²) >= 11 is 0. The monoisotopic (exact) mass is 361 g/mol. The van der Waals surface area contributed by atoms with E-state index in [1.807, 2.05) is 55.5 Å². The van der Waals surface area contributed by atoms with E-state index in [1.165, 1.54) is 6.42 Å². The molecule has 1 fully saturated rings. The van der Waals surface area contributed by atoms with Gasteiger partial charge in [0.1, 0.15) is 0 Å². The molecule has 138 valence electrons. The summed E-state index contributed by atoms with van der Waals surface area (Å²) in [4.78, 5) is 30.7. The molecule has 2 N–H and O–H groups in total. The number of aromatic amines is 1. The lowest BCUT2D eigenvalue weighted by Gasteiger charge is -2.18. The van der Waals surface area contributed by atoms with Gasteiger partial charge in [0.2, 0.25) is 0 Å². The summed E-state index contributed by atoms with van der Waals surface area (Å²) in [7, 11) is 0. The van der Waals surface area contributed by atoms with Crippen molar-refractivity contribution in [2.45, 2.75) is 20.3 Å². The number of H-pyrrole nitrogens is 1. The smallest absolute Gasteiger partial charge is 0.296 e. The first-order valence-electron chi connectivity index (χ1n) is 9.31. The highest BCUT2D eigenvalue weighted by Crippen LogP contribution is 2.26. The first kappa shape index (κ1) is 17.3. The van der Waals surface area contributed by atoms with E-state index in [2.05, 4.69) is 22.1 Å². The number of benzene rings is 2. The van der Waals surface area contributed by atoms with Crippen molar-refractivity contribution in [3.05, 3.63) is 59.8 Å². The summed E-state index contributed by atoms with van der Waals surface area (Å²) in [6.45, 7) is 6.19. The van der Waals surface area contributed by atoms with E-state index in [4.69, 9.17) is 0 Å². The molecule has 3 aromatic rings. The maximum Gasteiger partial charge on any atom is 0.296 e. The molecule has 0 saturated carbocycles. The fraction of sp³-hybridized carbons (Fsp3) is 0.273. The Morgan fingerprint density at radius 2 is 1.85 bits per heavy atom. The van der Waals surface area contributed by atoms with Crippen LogP contribution in [0.5, 0.6) is 0 Å². The lowest BCUT2D eigenvalue weighted by molar-refractivity contribution is -0.112. The van der Waals surface area contributed by atoms with Crippen LogP contribution in [0.2, 0.25) is 0 Å². The van der Waals surface area contributed by atoms with Gasteiger partial charge in [-0.05, 0) is 49.6 Å². The minimum absolute atomic E-state index is 0.436. The van der Waals surface area contributed by atoms with Gasteiger partial charge < -0.3 is 15.2 Å². The molecule has 1 saturated heterocycles. The Labute approximate surface area is 158 Å². The summed E-state index contributed by atoms with van der Waals surface area (Å²) in [6, 6.07) is 15.2. The molecular formula is C22H23N3O2. The summed E-state index contributed by atoms with van der Waals surface area (Å²) < 4.78 is 0. The number of carbonyl (C=O) groups excluding carboxylic acids is 2. The molecule has 1 unspecified atom stereocenters. The van der Waals surface area contributed by atoms with Crippen LogP contribution in [-0.4, -0.2) is 29.8 Å². The number of Topliss-reactive ketones (excluding diaryl/α,β-unsaturated/α-hetero) is 1. The van der Waals surface area contributed by atoms with Crippen LogP contribution in [0.3, 0.4) is 0 Å². The number of para-hydroxylation sites is 1. The number of aromatic nitrogens is 1. The van der Waals surface area contributed by atoms with Crippen LogP contribution in [-0.2, 0) is 4.79 Å². The van der Waals surface area contributed by atoms with Gasteiger partial charge in [0.05, 0.1) is 5.56 Å². The Bertz CT molecular complexity index is 1000. The Balaban J connectivity index is 1.50. The minimum atomic E-state index is -0.620. The normalized spacial score (nSPS) is 16.7. The van der Waals surface area contributed by atoms with Crippen LogP contribution >= 0.6 is 0 Å². The molecule has 2 heterocycles. The highest BCUT2D eigenvalue weighted by atomic mass is 16.2. The number of hydrogen-bond acceptors (Lipinski definition) is 3. The second kappa shape index (κ2) is 6.91. The highest BCUT2D eigenvalue weighted by molar-refractivity contribution is 6.48. The van der Waals surface area contributed by atoms with E-state index in [-0.39, 0.29) is 0 Å². The predicted octanol–water partition coefficient (Wildman–Crippen LogP) is 4.14. The molecule has 0 bridgehead atoms. The van der Waals surface area contributed by atoms with E-state index < -0.39 is 11.7 Å². The van der Waals surface area contributed by atoms with E-state index in [0.717, 1.165) is 29.7 Å². The fourth-order valence-electron chi connectivity index (χ4n) is 3.80. The maximum absolute atomic E-state index is 12.7. The average Bonchev–Trinajstić information content (AvgIpc) is 3.24. The molecule has 0 aliphatic carbocycles. The zero-order valence-corrected chi connectivity index (χ0v) is 15.6. The van der Waals surface area contributed by atoms with Crippen molar-refractivity contribution in [2.75, 3.05) is 23.3 Å². The number of rotatable bonds is 4. The molecule has 5 heteroatoms. The Morgan fingerprint density at radius 3 is 2.56 bits per heavy atom. The largest absolute Gasteiger partial charge is 0.371 e. The molecule has 1 aromatic heterocycles. The van der Waals surface area contributed by atoms with Crippen LogP contribution in [0.25, 0.3) is 10.9 Å². The van der Waals surface area contributed by atoms with E-state index in [1.54, 1.807) is 0 Å². The van der Waals surface area contributed by atoms with Crippen LogP contribution in [0.15, 0.2) is 48.5 Å². The number of anilines is 2. The molecule has 5 nitrogen and oxygen atoms in total. The third-order valence-corrected chi connectivity index (χ3v) is 5.24. The number of nitrogens with one attached hydrogen (secondary N) is 2. The van der Waals surface area contributed by atoms with Crippen molar-refractivity contribution < 1.29 is 9.59 Å². The lowest BCUT2D eigenvalue weighted by Crippen LogP contribution is -2.23. The zero-order valence-electron chi connectivity index (χ0n) is 15.6. The predicted molar refractivity (Wildman–Crippen MR) is 108 cm³/mol. The van der Waals surface area contributed by atoms with Gasteiger partial charge in [-0.2, -0.15) is 0 Å². The number of ketones is 1. The van der Waals surface area contributed by atoms with Crippen molar-refractivity contribution in [2.24, 2.45) is 5.92 Å². The van der Waals surface area contributed by atoms with Gasteiger partial charge in [0.15, 0.2) is 0 Å². The molecule has 1 amide bonds. The number of hydrogen-bond donors (Lipinski definition) is 2. The summed E-state index contributed by atoms with van der Waals surface area (Å²) in [6.07, 6.45) is 1.21. The second-order valence-electron chi connectivity index (χ2n) is 7.34. The van der Waals surface area contributed by atoms with Crippen molar-refractivity contribution in [3.63, 3.8) is 0 Å². The zero-order chi connectivity index (χ0) is 19.0.